The fourth-order valence-corrected chi connectivity index (χ4v) is 3.61. The molecule has 0 radical (unpaired) electrons. The van der Waals surface area contributed by atoms with Crippen LogP contribution in [0.2, 0.25) is 0 Å². The van der Waals surface area contributed by atoms with Crippen molar-refractivity contribution in [3.05, 3.63) is 0 Å². The molecule has 2 heterocycles. The summed E-state index contributed by atoms with van der Waals surface area (Å²) >= 11 is 3.68. The van der Waals surface area contributed by atoms with Crippen molar-refractivity contribution in [3.8, 4) is 0 Å². The van der Waals surface area contributed by atoms with Crippen molar-refractivity contribution in [2.24, 2.45) is 0 Å². The third kappa shape index (κ3) is 2.85. The van der Waals surface area contributed by atoms with Crippen LogP contribution < -0.4 is 0 Å². The van der Waals surface area contributed by atoms with Crippen LogP contribution in [0, 0.1) is 0 Å². The first-order valence-electron chi connectivity index (χ1n) is 5.53. The second-order valence-corrected chi connectivity index (χ2v) is 6.26. The largest absolute Gasteiger partial charge is 0.333 e. The molecule has 0 atom stereocenters. The second-order valence-electron chi connectivity index (χ2n) is 3.81. The lowest BCUT2D eigenvalue weighted by Crippen LogP contribution is -2.50. The molecule has 0 N–H and O–H groups in total. The number of hydrogen-bond donors (Lipinski definition) is 0. The minimum absolute atomic E-state index is 0.299. The number of carbonyl (C=O) groups excluding carboxylic acids is 2. The number of rotatable bonds is 0. The summed E-state index contributed by atoms with van der Waals surface area (Å²) in [6, 6.07) is 0. The van der Waals surface area contributed by atoms with Crippen LogP contribution in [0.5, 0.6) is 0 Å². The molecule has 0 aromatic heterocycles. The van der Waals surface area contributed by atoms with Crippen LogP contribution in [0.15, 0.2) is 0 Å². The minimum atomic E-state index is -0.299. The van der Waals surface area contributed by atoms with E-state index in [0.29, 0.717) is 0 Å². The van der Waals surface area contributed by atoms with E-state index in [0.717, 1.165) is 49.2 Å². The Hall–Kier alpha value is -0.360. The fraction of sp³-hybridized carbons (Fsp3) is 0.800. The summed E-state index contributed by atoms with van der Waals surface area (Å²) in [7, 11) is 0. The molecule has 90 valence electrons. The van der Waals surface area contributed by atoms with Gasteiger partial charge >= 0.3 is 11.8 Å². The van der Waals surface area contributed by atoms with Gasteiger partial charge in [-0.2, -0.15) is 23.5 Å². The van der Waals surface area contributed by atoms with Crippen molar-refractivity contribution in [2.75, 3.05) is 49.2 Å². The monoisotopic (exact) mass is 260 g/mol. The summed E-state index contributed by atoms with van der Waals surface area (Å²) in [5.41, 5.74) is 0. The highest BCUT2D eigenvalue weighted by Crippen LogP contribution is 2.13. The smallest absolute Gasteiger partial charge is 0.312 e. The van der Waals surface area contributed by atoms with Crippen molar-refractivity contribution >= 4 is 35.3 Å². The fourth-order valence-electron chi connectivity index (χ4n) is 1.80. The Balaban J connectivity index is 1.89. The third-order valence-corrected chi connectivity index (χ3v) is 4.66. The van der Waals surface area contributed by atoms with Gasteiger partial charge in [0, 0.05) is 49.2 Å². The summed E-state index contributed by atoms with van der Waals surface area (Å²) in [4.78, 5) is 27.2. The second kappa shape index (κ2) is 5.82. The summed E-state index contributed by atoms with van der Waals surface area (Å²) < 4.78 is 0. The quantitative estimate of drug-likeness (QED) is 0.581. The van der Waals surface area contributed by atoms with E-state index in [1.54, 1.807) is 9.80 Å². The molecule has 2 rings (SSSR count). The van der Waals surface area contributed by atoms with Crippen molar-refractivity contribution < 1.29 is 9.59 Å². The molecule has 16 heavy (non-hydrogen) atoms. The number of amides is 2. The average molecular weight is 260 g/mol. The summed E-state index contributed by atoms with van der Waals surface area (Å²) in [5.74, 6) is 3.22. The first kappa shape index (κ1) is 12.1. The maximum absolute atomic E-state index is 11.9. The van der Waals surface area contributed by atoms with Gasteiger partial charge in [0.25, 0.3) is 0 Å². The topological polar surface area (TPSA) is 40.6 Å². The van der Waals surface area contributed by atoms with Crippen LogP contribution in [0.3, 0.4) is 0 Å². The SMILES string of the molecule is O=C(C(=O)N1CCSCC1)N1CCSCC1. The zero-order chi connectivity index (χ0) is 11.4. The number of thioether (sulfide) groups is 2. The van der Waals surface area contributed by atoms with Gasteiger partial charge < -0.3 is 9.80 Å². The lowest BCUT2D eigenvalue weighted by molar-refractivity contribution is -0.151. The maximum Gasteiger partial charge on any atom is 0.312 e. The van der Waals surface area contributed by atoms with Gasteiger partial charge in [0.2, 0.25) is 0 Å². The Bertz CT molecular complexity index is 246. The molecule has 2 aliphatic rings. The molecule has 0 aromatic carbocycles. The van der Waals surface area contributed by atoms with E-state index in [-0.39, 0.29) is 11.8 Å². The first-order valence-corrected chi connectivity index (χ1v) is 7.83. The highest BCUT2D eigenvalue weighted by molar-refractivity contribution is 7.99. The standard InChI is InChI=1S/C10H16N2O2S2/c13-9(11-1-5-15-6-2-11)10(14)12-3-7-16-8-4-12/h1-8H2. The Kier molecular flexibility index (Phi) is 4.40. The Labute approximate surface area is 104 Å². The summed E-state index contributed by atoms with van der Waals surface area (Å²) in [6.45, 7) is 2.88. The molecule has 0 bridgehead atoms. The van der Waals surface area contributed by atoms with Crippen LogP contribution in [0.4, 0.5) is 0 Å². The van der Waals surface area contributed by atoms with E-state index in [9.17, 15) is 9.59 Å². The molecule has 0 spiro atoms. The van der Waals surface area contributed by atoms with Crippen molar-refractivity contribution in [2.45, 2.75) is 0 Å². The zero-order valence-corrected chi connectivity index (χ0v) is 10.8. The lowest BCUT2D eigenvalue weighted by atomic mass is 10.3. The molecule has 0 saturated carbocycles. The van der Waals surface area contributed by atoms with Gasteiger partial charge in [-0.15, -0.1) is 0 Å². The van der Waals surface area contributed by atoms with Crippen LogP contribution in [-0.4, -0.2) is 70.8 Å². The molecule has 6 heteroatoms. The molecule has 2 saturated heterocycles. The Morgan fingerprint density at radius 1 is 0.688 bits per heavy atom. The highest BCUT2D eigenvalue weighted by atomic mass is 32.2. The minimum Gasteiger partial charge on any atom is -0.333 e. The van der Waals surface area contributed by atoms with E-state index in [4.69, 9.17) is 0 Å². The maximum atomic E-state index is 11.9. The van der Waals surface area contributed by atoms with Crippen LogP contribution in [-0.2, 0) is 9.59 Å². The number of nitrogens with zero attached hydrogens (tertiary/aromatic N) is 2. The molecule has 2 amide bonds. The zero-order valence-electron chi connectivity index (χ0n) is 9.18. The average Bonchev–Trinajstić information content (AvgIpc) is 2.39. The molecular weight excluding hydrogens is 244 g/mol. The number of hydrogen-bond acceptors (Lipinski definition) is 4. The highest BCUT2D eigenvalue weighted by Gasteiger charge is 2.28. The molecule has 0 aromatic rings. The summed E-state index contributed by atoms with van der Waals surface area (Å²) in [6.07, 6.45) is 0. The molecule has 4 nitrogen and oxygen atoms in total. The van der Waals surface area contributed by atoms with Gasteiger partial charge in [-0.1, -0.05) is 0 Å². The van der Waals surface area contributed by atoms with Gasteiger partial charge in [-0.25, -0.2) is 0 Å². The van der Waals surface area contributed by atoms with Gasteiger partial charge in [-0.05, 0) is 0 Å². The van der Waals surface area contributed by atoms with E-state index < -0.39 is 0 Å². The summed E-state index contributed by atoms with van der Waals surface area (Å²) in [5, 5.41) is 0. The third-order valence-electron chi connectivity index (χ3n) is 2.78. The predicted molar refractivity (Wildman–Crippen MR) is 67.8 cm³/mol. The van der Waals surface area contributed by atoms with E-state index in [1.165, 1.54) is 0 Å². The van der Waals surface area contributed by atoms with E-state index >= 15 is 0 Å². The lowest BCUT2D eigenvalue weighted by Gasteiger charge is -2.30. The molecular formula is C10H16N2O2S2. The molecule has 2 aliphatic heterocycles. The predicted octanol–water partition coefficient (Wildman–Crippen LogP) is 0.137. The molecule has 0 unspecified atom stereocenters. The van der Waals surface area contributed by atoms with Gasteiger partial charge in [-0.3, -0.25) is 9.59 Å². The number of carbonyl (C=O) groups is 2. The van der Waals surface area contributed by atoms with Gasteiger partial charge in [0.15, 0.2) is 0 Å². The van der Waals surface area contributed by atoms with Crippen LogP contribution in [0.25, 0.3) is 0 Å². The van der Waals surface area contributed by atoms with E-state index in [1.807, 2.05) is 23.5 Å². The Morgan fingerprint density at radius 2 is 1.00 bits per heavy atom. The van der Waals surface area contributed by atoms with Crippen molar-refractivity contribution in [1.82, 2.24) is 9.80 Å². The van der Waals surface area contributed by atoms with Gasteiger partial charge in [0.05, 0.1) is 0 Å². The van der Waals surface area contributed by atoms with Gasteiger partial charge in [0.1, 0.15) is 0 Å². The molecule has 0 aliphatic carbocycles. The Morgan fingerprint density at radius 3 is 1.31 bits per heavy atom. The van der Waals surface area contributed by atoms with Crippen LogP contribution in [0.1, 0.15) is 0 Å². The van der Waals surface area contributed by atoms with Crippen LogP contribution >= 0.6 is 23.5 Å². The van der Waals surface area contributed by atoms with Crippen molar-refractivity contribution in [3.63, 3.8) is 0 Å². The van der Waals surface area contributed by atoms with E-state index in [2.05, 4.69) is 0 Å². The molecule has 2 fully saturated rings. The first-order chi connectivity index (χ1) is 7.79. The van der Waals surface area contributed by atoms with Crippen molar-refractivity contribution in [1.29, 1.82) is 0 Å². The normalized spacial score (nSPS) is 22.0.